The van der Waals surface area contributed by atoms with Gasteiger partial charge < -0.3 is 4.90 Å². The maximum atomic E-state index is 5.95. The third-order valence-corrected chi connectivity index (χ3v) is 4.00. The minimum atomic E-state index is 0.590. The van der Waals surface area contributed by atoms with Crippen LogP contribution >= 0.6 is 11.6 Å². The summed E-state index contributed by atoms with van der Waals surface area (Å²) in [6.07, 6.45) is 5.72. The Morgan fingerprint density at radius 1 is 1.35 bits per heavy atom. The normalized spacial score (nSPS) is 21.6. The number of hydrogen-bond acceptors (Lipinski definition) is 2. The van der Waals surface area contributed by atoms with Crippen molar-refractivity contribution in [3.63, 3.8) is 0 Å². The second kappa shape index (κ2) is 5.72. The molecule has 1 aromatic heterocycles. The highest BCUT2D eigenvalue weighted by Crippen LogP contribution is 2.27. The number of halogens is 1. The Bertz CT molecular complexity index is 365. The van der Waals surface area contributed by atoms with Gasteiger partial charge in [0.15, 0.2) is 0 Å². The summed E-state index contributed by atoms with van der Waals surface area (Å²) in [4.78, 5) is 6.48. The van der Waals surface area contributed by atoms with Gasteiger partial charge in [0, 0.05) is 25.0 Å². The van der Waals surface area contributed by atoms with Gasteiger partial charge >= 0.3 is 0 Å². The zero-order valence-electron chi connectivity index (χ0n) is 10.7. The van der Waals surface area contributed by atoms with Gasteiger partial charge in [0.05, 0.1) is 0 Å². The van der Waals surface area contributed by atoms with Gasteiger partial charge in [-0.15, -0.1) is 0 Å². The molecule has 1 aromatic rings. The monoisotopic (exact) mass is 252 g/mol. The quantitative estimate of drug-likeness (QED) is 0.740. The molecule has 1 fully saturated rings. The van der Waals surface area contributed by atoms with Crippen LogP contribution in [0.4, 0.5) is 5.69 Å². The van der Waals surface area contributed by atoms with Crippen LogP contribution in [0.15, 0.2) is 18.3 Å². The van der Waals surface area contributed by atoms with Crippen molar-refractivity contribution in [3.8, 4) is 0 Å². The fraction of sp³-hybridized carbons (Fsp3) is 0.643. The van der Waals surface area contributed by atoms with E-state index >= 15 is 0 Å². The second-order valence-corrected chi connectivity index (χ2v) is 5.65. The lowest BCUT2D eigenvalue weighted by Gasteiger charge is -2.23. The lowest BCUT2D eigenvalue weighted by molar-refractivity contribution is 0.351. The van der Waals surface area contributed by atoms with E-state index in [-0.39, 0.29) is 0 Å². The van der Waals surface area contributed by atoms with Crippen LogP contribution in [0, 0.1) is 11.8 Å². The summed E-state index contributed by atoms with van der Waals surface area (Å²) < 4.78 is 0. The topological polar surface area (TPSA) is 16.1 Å². The standard InChI is InChI=1S/C14H21ClN2/c1-11(2)12-4-3-8-17(9-6-12)13-5-7-16-14(15)10-13/h5,7,10-12H,3-4,6,8-9H2,1-2H3. The zero-order valence-corrected chi connectivity index (χ0v) is 11.5. The lowest BCUT2D eigenvalue weighted by atomic mass is 9.89. The molecule has 2 heterocycles. The van der Waals surface area contributed by atoms with Crippen LogP contribution in [0.5, 0.6) is 0 Å². The van der Waals surface area contributed by atoms with E-state index in [0.29, 0.717) is 5.15 Å². The first kappa shape index (κ1) is 12.7. The molecule has 2 nitrogen and oxygen atoms in total. The number of anilines is 1. The Kier molecular flexibility index (Phi) is 4.27. The molecule has 0 amide bonds. The van der Waals surface area contributed by atoms with Crippen molar-refractivity contribution in [2.75, 3.05) is 18.0 Å². The predicted molar refractivity (Wildman–Crippen MR) is 73.6 cm³/mol. The molecule has 17 heavy (non-hydrogen) atoms. The van der Waals surface area contributed by atoms with Crippen molar-refractivity contribution < 1.29 is 0 Å². The predicted octanol–water partition coefficient (Wildman–Crippen LogP) is 4.00. The molecule has 0 N–H and O–H groups in total. The van der Waals surface area contributed by atoms with Gasteiger partial charge in [0.2, 0.25) is 0 Å². The Labute approximate surface area is 109 Å². The van der Waals surface area contributed by atoms with Crippen LogP contribution in [0.25, 0.3) is 0 Å². The van der Waals surface area contributed by atoms with Crippen molar-refractivity contribution in [1.29, 1.82) is 0 Å². The lowest BCUT2D eigenvalue weighted by Crippen LogP contribution is -2.24. The molecule has 0 aliphatic carbocycles. The van der Waals surface area contributed by atoms with Gasteiger partial charge in [-0.2, -0.15) is 0 Å². The van der Waals surface area contributed by atoms with Gasteiger partial charge in [-0.3, -0.25) is 0 Å². The molecule has 1 aliphatic heterocycles. The first-order valence-corrected chi connectivity index (χ1v) is 6.91. The fourth-order valence-electron chi connectivity index (χ4n) is 2.64. The number of hydrogen-bond donors (Lipinski definition) is 0. The number of pyridine rings is 1. The third kappa shape index (κ3) is 3.35. The molecule has 2 rings (SSSR count). The summed E-state index contributed by atoms with van der Waals surface area (Å²) in [5, 5.41) is 0.590. The molecule has 94 valence electrons. The Morgan fingerprint density at radius 3 is 2.88 bits per heavy atom. The first-order valence-electron chi connectivity index (χ1n) is 6.53. The summed E-state index contributed by atoms with van der Waals surface area (Å²) in [6, 6.07) is 4.03. The Morgan fingerprint density at radius 2 is 2.18 bits per heavy atom. The van der Waals surface area contributed by atoms with Crippen LogP contribution in [0.2, 0.25) is 5.15 Å². The molecule has 1 aliphatic rings. The highest BCUT2D eigenvalue weighted by Gasteiger charge is 2.19. The maximum absolute atomic E-state index is 5.95. The summed E-state index contributed by atoms with van der Waals surface area (Å²) in [5.74, 6) is 1.67. The van der Waals surface area contributed by atoms with Crippen molar-refractivity contribution in [2.45, 2.75) is 33.1 Å². The average molecular weight is 253 g/mol. The van der Waals surface area contributed by atoms with Gasteiger partial charge in [0.1, 0.15) is 5.15 Å². The van der Waals surface area contributed by atoms with E-state index in [4.69, 9.17) is 11.6 Å². The van der Waals surface area contributed by atoms with Crippen molar-refractivity contribution in [2.24, 2.45) is 11.8 Å². The molecule has 1 unspecified atom stereocenters. The van der Waals surface area contributed by atoms with E-state index in [1.54, 1.807) is 6.20 Å². The molecular formula is C14H21ClN2. The maximum Gasteiger partial charge on any atom is 0.131 e. The van der Waals surface area contributed by atoms with Crippen LogP contribution in [0.1, 0.15) is 33.1 Å². The van der Waals surface area contributed by atoms with Crippen LogP contribution in [0.3, 0.4) is 0 Å². The number of aromatic nitrogens is 1. The third-order valence-electron chi connectivity index (χ3n) is 3.79. The summed E-state index contributed by atoms with van der Waals surface area (Å²) in [6.45, 7) is 6.96. The molecular weight excluding hydrogens is 232 g/mol. The molecule has 0 spiro atoms. The van der Waals surface area contributed by atoms with E-state index in [1.807, 2.05) is 6.07 Å². The van der Waals surface area contributed by atoms with Gasteiger partial charge in [0.25, 0.3) is 0 Å². The van der Waals surface area contributed by atoms with Crippen molar-refractivity contribution in [1.82, 2.24) is 4.98 Å². The molecule has 1 saturated heterocycles. The van der Waals surface area contributed by atoms with Crippen molar-refractivity contribution in [3.05, 3.63) is 23.5 Å². The fourth-order valence-corrected chi connectivity index (χ4v) is 2.80. The minimum Gasteiger partial charge on any atom is -0.371 e. The van der Waals surface area contributed by atoms with E-state index in [0.717, 1.165) is 24.9 Å². The second-order valence-electron chi connectivity index (χ2n) is 5.26. The molecule has 3 heteroatoms. The molecule has 0 aromatic carbocycles. The molecule has 0 bridgehead atoms. The summed E-state index contributed by atoms with van der Waals surface area (Å²) in [7, 11) is 0. The van der Waals surface area contributed by atoms with Gasteiger partial charge in [-0.25, -0.2) is 4.98 Å². The molecule has 1 atom stereocenters. The van der Waals surface area contributed by atoms with Crippen molar-refractivity contribution >= 4 is 17.3 Å². The van der Waals surface area contributed by atoms with Gasteiger partial charge in [-0.1, -0.05) is 25.4 Å². The van der Waals surface area contributed by atoms with E-state index in [1.165, 1.54) is 24.9 Å². The minimum absolute atomic E-state index is 0.590. The summed E-state index contributed by atoms with van der Waals surface area (Å²) in [5.41, 5.74) is 1.22. The number of nitrogens with zero attached hydrogens (tertiary/aromatic N) is 2. The van der Waals surface area contributed by atoms with E-state index in [2.05, 4.69) is 29.8 Å². The molecule has 0 radical (unpaired) electrons. The van der Waals surface area contributed by atoms with Crippen LogP contribution in [-0.2, 0) is 0 Å². The Hall–Kier alpha value is -0.760. The van der Waals surface area contributed by atoms with E-state index < -0.39 is 0 Å². The SMILES string of the molecule is CC(C)C1CCCN(c2ccnc(Cl)c2)CC1. The highest BCUT2D eigenvalue weighted by atomic mass is 35.5. The Balaban J connectivity index is 2.04. The molecule has 0 saturated carbocycles. The average Bonchev–Trinajstić information content (AvgIpc) is 2.54. The zero-order chi connectivity index (χ0) is 12.3. The largest absolute Gasteiger partial charge is 0.371 e. The summed E-state index contributed by atoms with van der Waals surface area (Å²) >= 11 is 5.95. The van der Waals surface area contributed by atoms with E-state index in [9.17, 15) is 0 Å². The van der Waals surface area contributed by atoms with Gasteiger partial charge in [-0.05, 0) is 43.2 Å². The first-order chi connectivity index (χ1) is 8.16. The van der Waals surface area contributed by atoms with Crippen LogP contribution in [-0.4, -0.2) is 18.1 Å². The number of rotatable bonds is 2. The highest BCUT2D eigenvalue weighted by molar-refractivity contribution is 6.29. The smallest absolute Gasteiger partial charge is 0.131 e. The van der Waals surface area contributed by atoms with Crippen LogP contribution < -0.4 is 4.90 Å².